The Kier molecular flexibility index (Phi) is 5.11. The monoisotopic (exact) mass is 422 g/mol. The summed E-state index contributed by atoms with van der Waals surface area (Å²) in [5, 5.41) is 20.9. The molecule has 1 N–H and O–H groups in total. The Morgan fingerprint density at radius 1 is 1.17 bits per heavy atom. The molecule has 30 heavy (non-hydrogen) atoms. The van der Waals surface area contributed by atoms with Gasteiger partial charge in [-0.1, -0.05) is 24.3 Å². The minimum Gasteiger partial charge on any atom is -0.477 e. The SMILES string of the molecule is Cc1ccc(-c2ccc(/C=C(\Sc3nc4ccccc4o3)C(=O)O)o2)cc1[N+](=O)[O-]. The van der Waals surface area contributed by atoms with E-state index in [-0.39, 0.29) is 21.6 Å². The number of aromatic nitrogens is 1. The molecule has 4 rings (SSSR count). The molecule has 0 bridgehead atoms. The van der Waals surface area contributed by atoms with Gasteiger partial charge in [-0.05, 0) is 43.0 Å². The van der Waals surface area contributed by atoms with Crippen molar-refractivity contribution in [2.24, 2.45) is 0 Å². The first-order valence-corrected chi connectivity index (χ1v) is 9.56. The van der Waals surface area contributed by atoms with E-state index in [1.54, 1.807) is 49.4 Å². The normalized spacial score (nSPS) is 11.7. The Balaban J connectivity index is 1.63. The van der Waals surface area contributed by atoms with Crippen molar-refractivity contribution in [3.8, 4) is 11.3 Å². The molecule has 0 spiro atoms. The van der Waals surface area contributed by atoms with Gasteiger partial charge in [0.2, 0.25) is 0 Å². The second-order valence-electron chi connectivity index (χ2n) is 6.32. The number of thioether (sulfide) groups is 1. The van der Waals surface area contributed by atoms with E-state index in [0.717, 1.165) is 11.8 Å². The Morgan fingerprint density at radius 2 is 1.97 bits per heavy atom. The van der Waals surface area contributed by atoms with Crippen molar-refractivity contribution < 1.29 is 23.7 Å². The summed E-state index contributed by atoms with van der Waals surface area (Å²) in [4.78, 5) is 26.6. The third kappa shape index (κ3) is 3.96. The molecule has 0 radical (unpaired) electrons. The number of aliphatic carboxylic acids is 1. The van der Waals surface area contributed by atoms with Gasteiger partial charge in [0.25, 0.3) is 10.9 Å². The fourth-order valence-corrected chi connectivity index (χ4v) is 3.52. The second-order valence-corrected chi connectivity index (χ2v) is 7.32. The van der Waals surface area contributed by atoms with Crippen LogP contribution in [0.15, 0.2) is 73.6 Å². The number of oxazole rings is 1. The largest absolute Gasteiger partial charge is 0.477 e. The van der Waals surface area contributed by atoms with Crippen molar-refractivity contribution >= 4 is 40.6 Å². The zero-order chi connectivity index (χ0) is 21.3. The van der Waals surface area contributed by atoms with Crippen molar-refractivity contribution in [3.05, 3.63) is 80.9 Å². The van der Waals surface area contributed by atoms with Crippen molar-refractivity contribution in [3.63, 3.8) is 0 Å². The Morgan fingerprint density at radius 3 is 2.70 bits per heavy atom. The van der Waals surface area contributed by atoms with E-state index in [4.69, 9.17) is 8.83 Å². The van der Waals surface area contributed by atoms with Gasteiger partial charge in [0, 0.05) is 23.3 Å². The molecule has 0 fully saturated rings. The minimum absolute atomic E-state index is 0.0151. The van der Waals surface area contributed by atoms with E-state index in [1.165, 1.54) is 12.1 Å². The molecule has 2 aromatic heterocycles. The highest BCUT2D eigenvalue weighted by molar-refractivity contribution is 8.03. The number of carboxylic acid groups (broad SMARTS) is 1. The lowest BCUT2D eigenvalue weighted by Crippen LogP contribution is -1.96. The van der Waals surface area contributed by atoms with Crippen LogP contribution < -0.4 is 0 Å². The van der Waals surface area contributed by atoms with E-state index >= 15 is 0 Å². The molecule has 0 aliphatic heterocycles. The molecule has 150 valence electrons. The lowest BCUT2D eigenvalue weighted by atomic mass is 10.1. The Hall–Kier alpha value is -3.85. The molecule has 0 saturated heterocycles. The number of carbonyl (C=O) groups is 1. The zero-order valence-corrected chi connectivity index (χ0v) is 16.4. The number of fused-ring (bicyclic) bond motifs is 1. The van der Waals surface area contributed by atoms with Crippen LogP contribution in [0.2, 0.25) is 0 Å². The summed E-state index contributed by atoms with van der Waals surface area (Å²) in [7, 11) is 0. The molecule has 2 heterocycles. The summed E-state index contributed by atoms with van der Waals surface area (Å²) in [6.45, 7) is 1.65. The average Bonchev–Trinajstić information content (AvgIpc) is 3.34. The summed E-state index contributed by atoms with van der Waals surface area (Å²) in [6.07, 6.45) is 1.36. The van der Waals surface area contributed by atoms with Crippen LogP contribution in [0.5, 0.6) is 0 Å². The fourth-order valence-electron chi connectivity index (χ4n) is 2.80. The van der Waals surface area contributed by atoms with E-state index < -0.39 is 10.9 Å². The number of nitrogens with zero attached hydrogens (tertiary/aromatic N) is 2. The second kappa shape index (κ2) is 7.88. The van der Waals surface area contributed by atoms with Crippen LogP contribution in [0.3, 0.4) is 0 Å². The number of nitro groups is 1. The number of carboxylic acids is 1. The summed E-state index contributed by atoms with van der Waals surface area (Å²) in [5.74, 6) is -0.485. The number of hydrogen-bond donors (Lipinski definition) is 1. The zero-order valence-electron chi connectivity index (χ0n) is 15.6. The molecular weight excluding hydrogens is 408 g/mol. The van der Waals surface area contributed by atoms with Crippen LogP contribution in [-0.2, 0) is 4.79 Å². The lowest BCUT2D eigenvalue weighted by Gasteiger charge is -2.00. The van der Waals surface area contributed by atoms with Gasteiger partial charge in [-0.2, -0.15) is 0 Å². The highest BCUT2D eigenvalue weighted by Gasteiger charge is 2.17. The third-order valence-electron chi connectivity index (χ3n) is 4.27. The minimum atomic E-state index is -1.16. The van der Waals surface area contributed by atoms with Gasteiger partial charge in [0.1, 0.15) is 21.9 Å². The first-order valence-electron chi connectivity index (χ1n) is 8.74. The van der Waals surface area contributed by atoms with Gasteiger partial charge in [0.05, 0.1) is 4.92 Å². The number of furan rings is 1. The van der Waals surface area contributed by atoms with Crippen molar-refractivity contribution in [2.75, 3.05) is 0 Å². The van der Waals surface area contributed by atoms with Crippen LogP contribution in [-0.4, -0.2) is 21.0 Å². The van der Waals surface area contributed by atoms with Crippen molar-refractivity contribution in [1.82, 2.24) is 4.98 Å². The van der Waals surface area contributed by atoms with Crippen molar-refractivity contribution in [2.45, 2.75) is 12.1 Å². The Bertz CT molecular complexity index is 1270. The molecule has 9 heteroatoms. The van der Waals surface area contributed by atoms with Crippen LogP contribution in [0.1, 0.15) is 11.3 Å². The Labute approximate surface area is 174 Å². The quantitative estimate of drug-likeness (QED) is 0.187. The maximum Gasteiger partial charge on any atom is 0.342 e. The molecule has 0 unspecified atom stereocenters. The average molecular weight is 422 g/mol. The summed E-state index contributed by atoms with van der Waals surface area (Å²) < 4.78 is 11.3. The molecule has 8 nitrogen and oxygen atoms in total. The van der Waals surface area contributed by atoms with E-state index in [9.17, 15) is 20.0 Å². The highest BCUT2D eigenvalue weighted by atomic mass is 32.2. The molecule has 2 aromatic carbocycles. The first kappa shape index (κ1) is 19.5. The number of benzene rings is 2. The third-order valence-corrected chi connectivity index (χ3v) is 5.13. The number of nitro benzene ring substituents is 1. The van der Waals surface area contributed by atoms with Crippen LogP contribution in [0.4, 0.5) is 5.69 Å². The maximum atomic E-state index is 11.7. The van der Waals surface area contributed by atoms with Gasteiger partial charge in [-0.25, -0.2) is 9.78 Å². The molecule has 0 saturated carbocycles. The van der Waals surface area contributed by atoms with Gasteiger partial charge in [-0.3, -0.25) is 10.1 Å². The van der Waals surface area contributed by atoms with Crippen molar-refractivity contribution in [1.29, 1.82) is 0 Å². The molecule has 0 atom stereocenters. The summed E-state index contributed by atoms with van der Waals surface area (Å²) in [5.41, 5.74) is 2.24. The molecule has 0 aliphatic carbocycles. The first-order chi connectivity index (χ1) is 14.4. The maximum absolute atomic E-state index is 11.7. The summed E-state index contributed by atoms with van der Waals surface area (Å²) in [6, 6.07) is 15.1. The smallest absolute Gasteiger partial charge is 0.342 e. The lowest BCUT2D eigenvalue weighted by molar-refractivity contribution is -0.385. The molecule has 0 amide bonds. The highest BCUT2D eigenvalue weighted by Crippen LogP contribution is 2.32. The number of aryl methyl sites for hydroxylation is 1. The van der Waals surface area contributed by atoms with Gasteiger partial charge in [0.15, 0.2) is 5.58 Å². The van der Waals surface area contributed by atoms with Crippen LogP contribution >= 0.6 is 11.8 Å². The van der Waals surface area contributed by atoms with Gasteiger partial charge in [-0.15, -0.1) is 0 Å². The van der Waals surface area contributed by atoms with Gasteiger partial charge < -0.3 is 13.9 Å². The molecular formula is C21H14N2O6S. The van der Waals surface area contributed by atoms with E-state index in [0.29, 0.717) is 28.0 Å². The van der Waals surface area contributed by atoms with Gasteiger partial charge >= 0.3 is 5.97 Å². The fraction of sp³-hybridized carbons (Fsp3) is 0.0476. The standard InChI is InChI=1S/C21H14N2O6S/c1-12-6-7-13(10-16(12)23(26)27)17-9-8-14(28-17)11-19(20(24)25)30-21-22-15-4-2-3-5-18(15)29-21/h2-11H,1H3,(H,24,25)/b19-11-. The summed E-state index contributed by atoms with van der Waals surface area (Å²) >= 11 is 0.865. The molecule has 0 aliphatic rings. The topological polar surface area (TPSA) is 120 Å². The van der Waals surface area contributed by atoms with E-state index in [2.05, 4.69) is 4.98 Å². The number of para-hydroxylation sites is 2. The van der Waals surface area contributed by atoms with Crippen LogP contribution in [0.25, 0.3) is 28.5 Å². The van der Waals surface area contributed by atoms with Crippen LogP contribution in [0, 0.1) is 17.0 Å². The molecule has 4 aromatic rings. The van der Waals surface area contributed by atoms with E-state index in [1.807, 2.05) is 6.07 Å². The predicted octanol–water partition coefficient (Wildman–Crippen LogP) is 5.52. The predicted molar refractivity (Wildman–Crippen MR) is 111 cm³/mol. The number of rotatable bonds is 6. The number of hydrogen-bond acceptors (Lipinski definition) is 7.